The summed E-state index contributed by atoms with van der Waals surface area (Å²) in [7, 11) is 0. The zero-order chi connectivity index (χ0) is 15.3. The van der Waals surface area contributed by atoms with E-state index in [4.69, 9.17) is 4.74 Å². The molecule has 0 aromatic heterocycles. The Morgan fingerprint density at radius 2 is 1.86 bits per heavy atom. The highest BCUT2D eigenvalue weighted by atomic mass is 19.1. The molecule has 1 aliphatic heterocycles. The number of piperidine rings is 1. The molecule has 1 aromatic carbocycles. The van der Waals surface area contributed by atoms with Crippen LogP contribution in [0.4, 0.5) is 4.39 Å². The molecule has 1 saturated heterocycles. The minimum absolute atomic E-state index is 0.284. The highest BCUT2D eigenvalue weighted by molar-refractivity contribution is 5.23. The predicted molar refractivity (Wildman–Crippen MR) is 86.7 cm³/mol. The highest BCUT2D eigenvalue weighted by Crippen LogP contribution is 2.43. The van der Waals surface area contributed by atoms with Gasteiger partial charge in [-0.25, -0.2) is 4.39 Å². The van der Waals surface area contributed by atoms with Gasteiger partial charge in [0.15, 0.2) is 11.6 Å². The molecule has 0 atom stereocenters. The van der Waals surface area contributed by atoms with Crippen molar-refractivity contribution in [2.24, 2.45) is 5.41 Å². The van der Waals surface area contributed by atoms with Gasteiger partial charge in [-0.3, -0.25) is 0 Å². The van der Waals surface area contributed by atoms with E-state index in [1.807, 2.05) is 0 Å². The van der Waals surface area contributed by atoms with Gasteiger partial charge in [0.2, 0.25) is 0 Å². The fourth-order valence-electron chi connectivity index (χ4n) is 3.88. The molecule has 122 valence electrons. The Hall–Kier alpha value is -1.13. The Bertz CT molecular complexity index is 464. The number of nitrogens with one attached hydrogen (secondary N) is 2. The second kappa shape index (κ2) is 7.42. The zero-order valence-corrected chi connectivity index (χ0v) is 13.2. The van der Waals surface area contributed by atoms with Crippen LogP contribution < -0.4 is 15.4 Å². The fourth-order valence-corrected chi connectivity index (χ4v) is 3.88. The average Bonchev–Trinajstić information content (AvgIpc) is 2.56. The van der Waals surface area contributed by atoms with Gasteiger partial charge >= 0.3 is 0 Å². The maximum atomic E-state index is 13.4. The second-order valence-electron chi connectivity index (χ2n) is 6.76. The van der Waals surface area contributed by atoms with E-state index in [1.54, 1.807) is 18.2 Å². The Morgan fingerprint density at radius 1 is 1.14 bits per heavy atom. The summed E-state index contributed by atoms with van der Waals surface area (Å²) < 4.78 is 18.9. The van der Waals surface area contributed by atoms with E-state index in [0.717, 1.165) is 6.54 Å². The van der Waals surface area contributed by atoms with Gasteiger partial charge in [0.25, 0.3) is 0 Å². The van der Waals surface area contributed by atoms with Gasteiger partial charge in [-0.2, -0.15) is 0 Å². The van der Waals surface area contributed by atoms with Crippen molar-refractivity contribution >= 4 is 0 Å². The summed E-state index contributed by atoms with van der Waals surface area (Å²) in [5.74, 6) is 0.0645. The third-order valence-corrected chi connectivity index (χ3v) is 5.34. The molecular weight excluding hydrogens is 279 g/mol. The zero-order valence-electron chi connectivity index (χ0n) is 13.2. The van der Waals surface area contributed by atoms with Gasteiger partial charge in [-0.05, 0) is 69.2 Å². The smallest absolute Gasteiger partial charge is 0.165 e. The van der Waals surface area contributed by atoms with Crippen LogP contribution in [0.2, 0.25) is 0 Å². The lowest BCUT2D eigenvalue weighted by atomic mass is 9.67. The topological polar surface area (TPSA) is 33.3 Å². The van der Waals surface area contributed by atoms with Gasteiger partial charge in [0.05, 0.1) is 0 Å². The number of hydrogen-bond donors (Lipinski definition) is 2. The van der Waals surface area contributed by atoms with E-state index in [0.29, 0.717) is 23.8 Å². The van der Waals surface area contributed by atoms with Crippen molar-refractivity contribution in [3.05, 3.63) is 30.1 Å². The molecule has 0 radical (unpaired) electrons. The summed E-state index contributed by atoms with van der Waals surface area (Å²) >= 11 is 0. The molecule has 0 unspecified atom stereocenters. The number of ether oxygens (including phenoxy) is 1. The van der Waals surface area contributed by atoms with Crippen molar-refractivity contribution in [2.45, 2.75) is 44.6 Å². The minimum Gasteiger partial charge on any atom is -0.489 e. The molecule has 2 aliphatic rings. The number of halogens is 1. The van der Waals surface area contributed by atoms with Crippen LogP contribution in [0.15, 0.2) is 24.3 Å². The molecule has 1 heterocycles. The summed E-state index contributed by atoms with van der Waals surface area (Å²) in [6.07, 6.45) is 7.91. The first-order chi connectivity index (χ1) is 10.8. The quantitative estimate of drug-likeness (QED) is 0.820. The molecule has 1 aromatic rings. The summed E-state index contributed by atoms with van der Waals surface area (Å²) in [6, 6.07) is 7.19. The molecule has 2 N–H and O–H groups in total. The van der Waals surface area contributed by atoms with E-state index < -0.39 is 0 Å². The maximum Gasteiger partial charge on any atom is 0.165 e. The van der Waals surface area contributed by atoms with Gasteiger partial charge in [0, 0.05) is 12.6 Å². The van der Waals surface area contributed by atoms with Crippen molar-refractivity contribution in [1.29, 1.82) is 0 Å². The molecule has 2 fully saturated rings. The Morgan fingerprint density at radius 3 is 2.59 bits per heavy atom. The van der Waals surface area contributed by atoms with Crippen LogP contribution in [0.1, 0.15) is 38.5 Å². The molecule has 4 heteroatoms. The molecule has 1 saturated carbocycles. The SMILES string of the molecule is Fc1ccccc1OCCNC1CCC2(CCNCC2)CC1. The largest absolute Gasteiger partial charge is 0.489 e. The first-order valence-corrected chi connectivity index (χ1v) is 8.59. The van der Waals surface area contributed by atoms with Crippen molar-refractivity contribution < 1.29 is 9.13 Å². The van der Waals surface area contributed by atoms with Crippen molar-refractivity contribution in [1.82, 2.24) is 10.6 Å². The second-order valence-corrected chi connectivity index (χ2v) is 6.76. The third-order valence-electron chi connectivity index (χ3n) is 5.34. The van der Waals surface area contributed by atoms with Gasteiger partial charge < -0.3 is 15.4 Å². The number of hydrogen-bond acceptors (Lipinski definition) is 3. The minimum atomic E-state index is -0.284. The van der Waals surface area contributed by atoms with Crippen LogP contribution in [0.5, 0.6) is 5.75 Å². The van der Waals surface area contributed by atoms with Crippen molar-refractivity contribution in [3.8, 4) is 5.75 Å². The first kappa shape index (κ1) is 15.8. The molecule has 22 heavy (non-hydrogen) atoms. The van der Waals surface area contributed by atoms with Gasteiger partial charge in [-0.15, -0.1) is 0 Å². The van der Waals surface area contributed by atoms with Gasteiger partial charge in [0.1, 0.15) is 6.61 Å². The maximum absolute atomic E-state index is 13.4. The lowest BCUT2D eigenvalue weighted by Crippen LogP contribution is -2.43. The third kappa shape index (κ3) is 3.99. The van der Waals surface area contributed by atoms with E-state index >= 15 is 0 Å². The van der Waals surface area contributed by atoms with Crippen LogP contribution in [0.3, 0.4) is 0 Å². The molecule has 0 bridgehead atoms. The lowest BCUT2D eigenvalue weighted by Gasteiger charge is -2.43. The van der Waals surface area contributed by atoms with Crippen LogP contribution in [-0.4, -0.2) is 32.3 Å². The van der Waals surface area contributed by atoms with E-state index in [9.17, 15) is 4.39 Å². The highest BCUT2D eigenvalue weighted by Gasteiger charge is 2.35. The molecule has 1 aliphatic carbocycles. The van der Waals surface area contributed by atoms with Crippen LogP contribution in [0, 0.1) is 11.2 Å². The molecule has 1 spiro atoms. The number of para-hydroxylation sites is 1. The summed E-state index contributed by atoms with van der Waals surface area (Å²) in [6.45, 7) is 3.68. The fraction of sp³-hybridized carbons (Fsp3) is 0.667. The van der Waals surface area contributed by atoms with Gasteiger partial charge in [-0.1, -0.05) is 12.1 Å². The number of rotatable bonds is 5. The molecule has 3 nitrogen and oxygen atoms in total. The van der Waals surface area contributed by atoms with Crippen LogP contribution in [0.25, 0.3) is 0 Å². The standard InChI is InChI=1S/C18H27FN2O/c19-16-3-1-2-4-17(16)22-14-13-21-15-5-7-18(8-6-15)9-11-20-12-10-18/h1-4,15,20-21H,5-14H2. The number of benzene rings is 1. The molecular formula is C18H27FN2O. The first-order valence-electron chi connectivity index (χ1n) is 8.59. The van der Waals surface area contributed by atoms with Crippen LogP contribution >= 0.6 is 0 Å². The predicted octanol–water partition coefficient (Wildman–Crippen LogP) is 3.11. The monoisotopic (exact) mass is 306 g/mol. The van der Waals surface area contributed by atoms with Crippen molar-refractivity contribution in [3.63, 3.8) is 0 Å². The molecule has 0 amide bonds. The van der Waals surface area contributed by atoms with Crippen molar-refractivity contribution in [2.75, 3.05) is 26.2 Å². The van der Waals surface area contributed by atoms with Crippen LogP contribution in [-0.2, 0) is 0 Å². The summed E-state index contributed by atoms with van der Waals surface area (Å²) in [4.78, 5) is 0. The Kier molecular flexibility index (Phi) is 5.32. The lowest BCUT2D eigenvalue weighted by molar-refractivity contribution is 0.114. The molecule has 3 rings (SSSR count). The average molecular weight is 306 g/mol. The van der Waals surface area contributed by atoms with E-state index in [1.165, 1.54) is 57.7 Å². The normalized spacial score (nSPS) is 21.9. The van der Waals surface area contributed by atoms with E-state index in [2.05, 4.69) is 10.6 Å². The Balaban J connectivity index is 1.34. The Labute approximate surface area is 132 Å². The summed E-state index contributed by atoms with van der Waals surface area (Å²) in [5.41, 5.74) is 0.618. The van der Waals surface area contributed by atoms with E-state index in [-0.39, 0.29) is 5.82 Å². The summed E-state index contributed by atoms with van der Waals surface area (Å²) in [5, 5.41) is 7.04.